The molecule has 2 rings (SSSR count). The van der Waals surface area contributed by atoms with Gasteiger partial charge in [-0.2, -0.15) is 0 Å². The maximum absolute atomic E-state index is 11.9. The van der Waals surface area contributed by atoms with Crippen LogP contribution >= 0.6 is 0 Å². The molecule has 0 unspecified atom stereocenters. The molecule has 0 radical (unpaired) electrons. The van der Waals surface area contributed by atoms with Crippen molar-refractivity contribution in [2.24, 2.45) is 5.92 Å². The van der Waals surface area contributed by atoms with Gasteiger partial charge < -0.3 is 15.6 Å². The van der Waals surface area contributed by atoms with Gasteiger partial charge in [0.25, 0.3) is 0 Å². The van der Waals surface area contributed by atoms with Gasteiger partial charge in [-0.1, -0.05) is 0 Å². The monoisotopic (exact) mass is 250 g/mol. The molecule has 1 aliphatic carbocycles. The fraction of sp³-hybridized carbons (Fsp3) is 0.583. The molecule has 0 aromatic carbocycles. The van der Waals surface area contributed by atoms with Crippen LogP contribution in [-0.4, -0.2) is 34.9 Å². The van der Waals surface area contributed by atoms with E-state index in [0.717, 1.165) is 30.7 Å². The molecule has 1 aromatic rings. The van der Waals surface area contributed by atoms with E-state index in [1.807, 2.05) is 0 Å². The van der Waals surface area contributed by atoms with Crippen molar-refractivity contribution in [2.45, 2.75) is 26.2 Å². The number of fused-ring (bicyclic) bond motifs is 1. The minimum absolute atomic E-state index is 0.00952. The molecular weight excluding hydrogens is 232 g/mol. The fourth-order valence-corrected chi connectivity index (χ4v) is 2.19. The number of aromatic amines is 1. The van der Waals surface area contributed by atoms with Crippen LogP contribution in [0.3, 0.4) is 0 Å². The minimum atomic E-state index is -0.0796. The third-order valence-electron chi connectivity index (χ3n) is 3.16. The second kappa shape index (κ2) is 5.66. The number of carbonyl (C=O) groups is 2. The molecule has 6 heteroatoms. The van der Waals surface area contributed by atoms with Crippen molar-refractivity contribution in [3.05, 3.63) is 17.7 Å². The molecule has 18 heavy (non-hydrogen) atoms. The van der Waals surface area contributed by atoms with Gasteiger partial charge in [-0.05, 0) is 12.8 Å². The van der Waals surface area contributed by atoms with Crippen molar-refractivity contribution in [3.8, 4) is 0 Å². The summed E-state index contributed by atoms with van der Waals surface area (Å²) >= 11 is 0. The van der Waals surface area contributed by atoms with Crippen molar-refractivity contribution >= 4 is 11.8 Å². The molecule has 2 amide bonds. The van der Waals surface area contributed by atoms with Crippen molar-refractivity contribution in [3.63, 3.8) is 0 Å². The first-order chi connectivity index (χ1) is 8.66. The summed E-state index contributed by atoms with van der Waals surface area (Å²) in [6, 6.07) is 0. The van der Waals surface area contributed by atoms with Gasteiger partial charge in [0.1, 0.15) is 0 Å². The van der Waals surface area contributed by atoms with Crippen LogP contribution in [0.15, 0.2) is 6.33 Å². The van der Waals surface area contributed by atoms with Gasteiger partial charge in [0.05, 0.1) is 12.0 Å². The summed E-state index contributed by atoms with van der Waals surface area (Å²) in [6.07, 6.45) is 4.09. The van der Waals surface area contributed by atoms with Crippen LogP contribution in [-0.2, 0) is 22.4 Å². The van der Waals surface area contributed by atoms with Gasteiger partial charge in [-0.3, -0.25) is 9.59 Å². The quantitative estimate of drug-likeness (QED) is 0.645. The van der Waals surface area contributed by atoms with Crippen LogP contribution in [0.1, 0.15) is 24.7 Å². The number of hydrogen-bond acceptors (Lipinski definition) is 3. The summed E-state index contributed by atoms with van der Waals surface area (Å²) in [5.41, 5.74) is 2.15. The third-order valence-corrected chi connectivity index (χ3v) is 3.16. The van der Waals surface area contributed by atoms with Crippen molar-refractivity contribution < 1.29 is 9.59 Å². The van der Waals surface area contributed by atoms with E-state index in [0.29, 0.717) is 13.1 Å². The summed E-state index contributed by atoms with van der Waals surface area (Å²) in [5, 5.41) is 5.49. The smallest absolute Gasteiger partial charge is 0.223 e. The first-order valence-corrected chi connectivity index (χ1v) is 6.20. The molecule has 0 bridgehead atoms. The van der Waals surface area contributed by atoms with Gasteiger partial charge in [-0.25, -0.2) is 4.98 Å². The van der Waals surface area contributed by atoms with Crippen molar-refractivity contribution in [1.82, 2.24) is 20.6 Å². The number of carbonyl (C=O) groups excluding carboxylic acids is 2. The lowest BCUT2D eigenvalue weighted by molar-refractivity contribution is -0.125. The Balaban J connectivity index is 1.75. The highest BCUT2D eigenvalue weighted by Gasteiger charge is 2.25. The van der Waals surface area contributed by atoms with Gasteiger partial charge >= 0.3 is 0 Å². The van der Waals surface area contributed by atoms with Crippen LogP contribution in [0.25, 0.3) is 0 Å². The van der Waals surface area contributed by atoms with Gasteiger partial charge in [0.15, 0.2) is 0 Å². The lowest BCUT2D eigenvalue weighted by atomic mass is 9.89. The number of hydrogen-bond donors (Lipinski definition) is 3. The van der Waals surface area contributed by atoms with E-state index in [-0.39, 0.29) is 17.7 Å². The Kier molecular flexibility index (Phi) is 3.96. The zero-order valence-electron chi connectivity index (χ0n) is 10.5. The van der Waals surface area contributed by atoms with Crippen molar-refractivity contribution in [2.75, 3.05) is 13.1 Å². The third kappa shape index (κ3) is 3.09. The number of imidazole rings is 1. The maximum Gasteiger partial charge on any atom is 0.223 e. The Hall–Kier alpha value is -1.85. The Labute approximate surface area is 106 Å². The molecule has 0 fully saturated rings. The lowest BCUT2D eigenvalue weighted by Crippen LogP contribution is -2.38. The van der Waals surface area contributed by atoms with Crippen LogP contribution in [0, 0.1) is 5.92 Å². The average molecular weight is 250 g/mol. The Bertz CT molecular complexity index is 441. The van der Waals surface area contributed by atoms with Crippen LogP contribution in [0.4, 0.5) is 0 Å². The Morgan fingerprint density at radius 3 is 3.00 bits per heavy atom. The molecule has 1 atom stereocenters. The van der Waals surface area contributed by atoms with Crippen LogP contribution in [0.2, 0.25) is 0 Å². The molecule has 0 saturated heterocycles. The predicted molar refractivity (Wildman–Crippen MR) is 65.8 cm³/mol. The van der Waals surface area contributed by atoms with Gasteiger partial charge in [0, 0.05) is 38.0 Å². The van der Waals surface area contributed by atoms with E-state index in [1.165, 1.54) is 6.92 Å². The van der Waals surface area contributed by atoms with Gasteiger partial charge in [-0.15, -0.1) is 0 Å². The van der Waals surface area contributed by atoms with E-state index < -0.39 is 0 Å². The normalized spacial score (nSPS) is 17.9. The van der Waals surface area contributed by atoms with E-state index in [2.05, 4.69) is 20.6 Å². The molecular formula is C12H18N4O2. The van der Waals surface area contributed by atoms with E-state index in [9.17, 15) is 9.59 Å². The minimum Gasteiger partial charge on any atom is -0.355 e. The molecule has 0 saturated carbocycles. The molecule has 1 heterocycles. The summed E-state index contributed by atoms with van der Waals surface area (Å²) in [4.78, 5) is 29.9. The SMILES string of the molecule is CC(=O)NCCNC(=O)[C@H]1CCc2nc[nH]c2C1. The largest absolute Gasteiger partial charge is 0.355 e. The second-order valence-corrected chi connectivity index (χ2v) is 4.54. The first kappa shape index (κ1) is 12.6. The number of aromatic nitrogens is 2. The lowest BCUT2D eigenvalue weighted by Gasteiger charge is -2.20. The molecule has 0 spiro atoms. The summed E-state index contributed by atoms with van der Waals surface area (Å²) in [6.45, 7) is 2.41. The maximum atomic E-state index is 11.9. The Morgan fingerprint density at radius 2 is 2.22 bits per heavy atom. The standard InChI is InChI=1S/C12H18N4O2/c1-8(17)13-4-5-14-12(18)9-2-3-10-11(6-9)16-7-15-10/h7,9H,2-6H2,1H3,(H,13,17)(H,14,18)(H,15,16)/t9-/m0/s1. The molecule has 6 nitrogen and oxygen atoms in total. The topological polar surface area (TPSA) is 86.9 Å². The first-order valence-electron chi connectivity index (χ1n) is 6.20. The zero-order valence-corrected chi connectivity index (χ0v) is 10.5. The summed E-state index contributed by atoms with van der Waals surface area (Å²) < 4.78 is 0. The molecule has 3 N–H and O–H groups in total. The average Bonchev–Trinajstić information content (AvgIpc) is 2.81. The summed E-state index contributed by atoms with van der Waals surface area (Å²) in [7, 11) is 0. The van der Waals surface area contributed by atoms with E-state index >= 15 is 0 Å². The van der Waals surface area contributed by atoms with Crippen LogP contribution in [0.5, 0.6) is 0 Å². The highest BCUT2D eigenvalue weighted by molar-refractivity contribution is 5.79. The molecule has 1 aliphatic rings. The number of H-pyrrole nitrogens is 1. The highest BCUT2D eigenvalue weighted by atomic mass is 16.2. The zero-order chi connectivity index (χ0) is 13.0. The molecule has 0 aliphatic heterocycles. The Morgan fingerprint density at radius 1 is 1.44 bits per heavy atom. The van der Waals surface area contributed by atoms with Gasteiger partial charge in [0.2, 0.25) is 11.8 Å². The molecule has 98 valence electrons. The number of nitrogens with one attached hydrogen (secondary N) is 3. The number of rotatable bonds is 4. The van der Waals surface area contributed by atoms with E-state index in [4.69, 9.17) is 0 Å². The number of aryl methyl sites for hydroxylation is 1. The number of nitrogens with zero attached hydrogens (tertiary/aromatic N) is 1. The number of amides is 2. The van der Waals surface area contributed by atoms with Crippen molar-refractivity contribution in [1.29, 1.82) is 0 Å². The van der Waals surface area contributed by atoms with Crippen LogP contribution < -0.4 is 10.6 Å². The second-order valence-electron chi connectivity index (χ2n) is 4.54. The van der Waals surface area contributed by atoms with E-state index in [1.54, 1.807) is 6.33 Å². The molecule has 1 aromatic heterocycles. The predicted octanol–water partition coefficient (Wildman–Crippen LogP) is -0.233. The fourth-order valence-electron chi connectivity index (χ4n) is 2.19. The summed E-state index contributed by atoms with van der Waals surface area (Å²) in [5.74, 6) is -0.0140. The highest BCUT2D eigenvalue weighted by Crippen LogP contribution is 2.22.